The highest BCUT2D eigenvalue weighted by Crippen LogP contribution is 1.98. The average Bonchev–Trinajstić information content (AvgIpc) is 2.18. The summed E-state index contributed by atoms with van der Waals surface area (Å²) in [5, 5.41) is 0.194. The molecule has 14 heavy (non-hydrogen) atoms. The van der Waals surface area contributed by atoms with Gasteiger partial charge in [-0.05, 0) is 19.1 Å². The van der Waals surface area contributed by atoms with Crippen LogP contribution in [-0.2, 0) is 0 Å². The quantitative estimate of drug-likeness (QED) is 0.335. The molecule has 0 atom stereocenters. The second kappa shape index (κ2) is 7.55. The van der Waals surface area contributed by atoms with Crippen molar-refractivity contribution in [3.8, 4) is 0 Å². The largest absolute Gasteiger partial charge is 0.290 e. The van der Waals surface area contributed by atoms with Crippen LogP contribution in [0.4, 0.5) is 0 Å². The Morgan fingerprint density at radius 2 is 2.21 bits per heavy atom. The molecule has 0 aliphatic carbocycles. The molecule has 0 aromatic carbocycles. The molecule has 6 heteroatoms. The van der Waals surface area contributed by atoms with E-state index in [9.17, 15) is 4.79 Å². The number of hydrazine groups is 1. The van der Waals surface area contributed by atoms with Gasteiger partial charge in [0.15, 0.2) is 0 Å². The average molecular weight is 236 g/mol. The van der Waals surface area contributed by atoms with Gasteiger partial charge < -0.3 is 0 Å². The molecule has 1 aromatic rings. The Balaban J connectivity index is 0.000000500. The standard InChI is InChI=1S/C7H9N3O.CH2Cl2/c1-5-4-6(2-3-9-5)7(11)10-8;2-1-3/h2-4H,8H2,1H3,(H,10,11);1H2. The molecule has 1 amide bonds. The van der Waals surface area contributed by atoms with Gasteiger partial charge in [-0.1, -0.05) is 0 Å². The van der Waals surface area contributed by atoms with Crippen molar-refractivity contribution in [2.75, 3.05) is 5.34 Å². The van der Waals surface area contributed by atoms with Crippen LogP contribution in [0, 0.1) is 6.92 Å². The van der Waals surface area contributed by atoms with Crippen molar-refractivity contribution < 1.29 is 4.79 Å². The number of nitrogens with two attached hydrogens (primary N) is 1. The molecule has 0 aliphatic heterocycles. The number of nitrogens with zero attached hydrogens (tertiary/aromatic N) is 1. The molecule has 0 unspecified atom stereocenters. The monoisotopic (exact) mass is 235 g/mol. The fourth-order valence-electron chi connectivity index (χ4n) is 0.770. The van der Waals surface area contributed by atoms with E-state index in [2.05, 4.69) is 4.98 Å². The molecule has 0 radical (unpaired) electrons. The van der Waals surface area contributed by atoms with Gasteiger partial charge in [-0.25, -0.2) is 5.84 Å². The number of alkyl halides is 2. The van der Waals surface area contributed by atoms with Crippen LogP contribution < -0.4 is 11.3 Å². The Morgan fingerprint density at radius 1 is 1.64 bits per heavy atom. The van der Waals surface area contributed by atoms with E-state index in [4.69, 9.17) is 29.0 Å². The number of pyridine rings is 1. The normalized spacial score (nSPS) is 8.57. The molecule has 3 N–H and O–H groups in total. The number of nitrogens with one attached hydrogen (secondary N) is 1. The zero-order valence-corrected chi connectivity index (χ0v) is 9.14. The van der Waals surface area contributed by atoms with Crippen LogP contribution in [-0.4, -0.2) is 16.2 Å². The third-order valence-electron chi connectivity index (χ3n) is 1.29. The van der Waals surface area contributed by atoms with Crippen LogP contribution in [0.1, 0.15) is 16.1 Å². The van der Waals surface area contributed by atoms with Crippen molar-refractivity contribution in [3.05, 3.63) is 29.6 Å². The maximum atomic E-state index is 10.9. The predicted octanol–water partition coefficient (Wildman–Crippen LogP) is 1.42. The first-order chi connectivity index (χ1) is 6.65. The zero-order chi connectivity index (χ0) is 11.0. The van der Waals surface area contributed by atoms with Crippen molar-refractivity contribution in [1.82, 2.24) is 10.4 Å². The molecule has 78 valence electrons. The first kappa shape index (κ1) is 13.2. The summed E-state index contributed by atoms with van der Waals surface area (Å²) in [7, 11) is 0. The van der Waals surface area contributed by atoms with Crippen molar-refractivity contribution in [1.29, 1.82) is 0 Å². The SMILES string of the molecule is Cc1cc(C(=O)NN)ccn1.ClCCl. The van der Waals surface area contributed by atoms with E-state index >= 15 is 0 Å². The number of aryl methyl sites for hydroxylation is 1. The summed E-state index contributed by atoms with van der Waals surface area (Å²) in [6.07, 6.45) is 1.57. The maximum Gasteiger partial charge on any atom is 0.265 e. The topological polar surface area (TPSA) is 68.0 Å². The van der Waals surface area contributed by atoms with Gasteiger partial charge in [0, 0.05) is 17.5 Å². The van der Waals surface area contributed by atoms with Gasteiger partial charge in [-0.2, -0.15) is 0 Å². The highest BCUT2D eigenvalue weighted by molar-refractivity contribution is 6.40. The lowest BCUT2D eigenvalue weighted by Gasteiger charge is -1.98. The van der Waals surface area contributed by atoms with E-state index in [0.29, 0.717) is 5.56 Å². The Morgan fingerprint density at radius 3 is 2.64 bits per heavy atom. The van der Waals surface area contributed by atoms with Crippen molar-refractivity contribution >= 4 is 29.1 Å². The summed E-state index contributed by atoms with van der Waals surface area (Å²) >= 11 is 9.53. The van der Waals surface area contributed by atoms with E-state index in [1.54, 1.807) is 18.3 Å². The first-order valence-corrected chi connectivity index (χ1v) is 4.78. The van der Waals surface area contributed by atoms with Gasteiger partial charge in [0.25, 0.3) is 5.91 Å². The van der Waals surface area contributed by atoms with Crippen LogP contribution in [0.5, 0.6) is 0 Å². The smallest absolute Gasteiger partial charge is 0.265 e. The molecular weight excluding hydrogens is 225 g/mol. The minimum atomic E-state index is -0.296. The third kappa shape index (κ3) is 5.01. The molecule has 0 bridgehead atoms. The lowest BCUT2D eigenvalue weighted by molar-refractivity contribution is 0.0953. The predicted molar refractivity (Wildman–Crippen MR) is 57.2 cm³/mol. The Bertz CT molecular complexity index is 294. The highest BCUT2D eigenvalue weighted by atomic mass is 35.5. The number of hydrogen-bond donors (Lipinski definition) is 2. The Hall–Kier alpha value is -0.840. The van der Waals surface area contributed by atoms with Gasteiger partial charge >= 0.3 is 0 Å². The number of hydrogen-bond acceptors (Lipinski definition) is 3. The van der Waals surface area contributed by atoms with E-state index < -0.39 is 0 Å². The van der Waals surface area contributed by atoms with Gasteiger partial charge in [0.2, 0.25) is 0 Å². The second-order valence-electron chi connectivity index (χ2n) is 2.26. The number of carbonyl (C=O) groups is 1. The van der Waals surface area contributed by atoms with E-state index in [0.717, 1.165) is 5.69 Å². The van der Waals surface area contributed by atoms with E-state index in [1.807, 2.05) is 12.3 Å². The molecule has 4 nitrogen and oxygen atoms in total. The lowest BCUT2D eigenvalue weighted by atomic mass is 10.2. The van der Waals surface area contributed by atoms with Crippen molar-refractivity contribution in [2.45, 2.75) is 6.92 Å². The Labute approximate surface area is 92.4 Å². The fourth-order valence-corrected chi connectivity index (χ4v) is 0.770. The molecule has 1 aromatic heterocycles. The molecule has 0 saturated carbocycles. The molecule has 1 heterocycles. The summed E-state index contributed by atoms with van der Waals surface area (Å²) in [5.41, 5.74) is 3.37. The zero-order valence-electron chi connectivity index (χ0n) is 7.63. The minimum absolute atomic E-state index is 0.194. The molecule has 0 spiro atoms. The van der Waals surface area contributed by atoms with Gasteiger partial charge in [-0.3, -0.25) is 15.2 Å². The van der Waals surface area contributed by atoms with Gasteiger partial charge in [0.1, 0.15) is 0 Å². The summed E-state index contributed by atoms with van der Waals surface area (Å²) in [6, 6.07) is 3.28. The van der Waals surface area contributed by atoms with Crippen LogP contribution in [0.25, 0.3) is 0 Å². The van der Waals surface area contributed by atoms with E-state index in [1.165, 1.54) is 0 Å². The van der Waals surface area contributed by atoms with E-state index in [-0.39, 0.29) is 11.2 Å². The van der Waals surface area contributed by atoms with Crippen molar-refractivity contribution in [2.24, 2.45) is 5.84 Å². The number of rotatable bonds is 1. The summed E-state index contributed by atoms with van der Waals surface area (Å²) in [5.74, 6) is 4.64. The minimum Gasteiger partial charge on any atom is -0.290 e. The summed E-state index contributed by atoms with van der Waals surface area (Å²) < 4.78 is 0. The van der Waals surface area contributed by atoms with Crippen LogP contribution in [0.2, 0.25) is 0 Å². The first-order valence-electron chi connectivity index (χ1n) is 3.71. The third-order valence-corrected chi connectivity index (χ3v) is 1.29. The maximum absolute atomic E-state index is 10.9. The van der Waals surface area contributed by atoms with Crippen LogP contribution >= 0.6 is 23.2 Å². The fraction of sp³-hybridized carbons (Fsp3) is 0.250. The van der Waals surface area contributed by atoms with Crippen molar-refractivity contribution in [3.63, 3.8) is 0 Å². The number of halogens is 2. The van der Waals surface area contributed by atoms with Gasteiger partial charge in [-0.15, -0.1) is 23.2 Å². The highest BCUT2D eigenvalue weighted by Gasteiger charge is 2.01. The molecular formula is C8H11Cl2N3O. The molecule has 0 fully saturated rings. The number of carbonyl (C=O) groups excluding carboxylic acids is 1. The van der Waals surface area contributed by atoms with Crippen LogP contribution in [0.3, 0.4) is 0 Å². The number of amides is 1. The molecule has 0 aliphatic rings. The van der Waals surface area contributed by atoms with Crippen LogP contribution in [0.15, 0.2) is 18.3 Å². The second-order valence-corrected chi connectivity index (χ2v) is 3.07. The number of nitrogen functional groups attached to an aromatic ring is 1. The summed E-state index contributed by atoms with van der Waals surface area (Å²) in [4.78, 5) is 14.8. The lowest BCUT2D eigenvalue weighted by Crippen LogP contribution is -2.29. The number of aromatic nitrogens is 1. The Kier molecular flexibility index (Phi) is 7.10. The molecule has 0 saturated heterocycles. The van der Waals surface area contributed by atoms with Gasteiger partial charge in [0.05, 0.1) is 5.34 Å². The summed E-state index contributed by atoms with van der Waals surface area (Å²) in [6.45, 7) is 1.81. The molecule has 1 rings (SSSR count).